The number of aromatic nitrogens is 3. The largest absolute Gasteiger partial charge is 0.507 e. The van der Waals surface area contributed by atoms with Crippen LogP contribution in [0.2, 0.25) is 0 Å². The molecule has 0 saturated heterocycles. The van der Waals surface area contributed by atoms with Crippen LogP contribution in [0.25, 0.3) is 94.7 Å². The van der Waals surface area contributed by atoms with E-state index >= 15 is 0 Å². The Bertz CT molecular complexity index is 3860. The normalized spacial score (nSPS) is 12.6. The molecular formula is C72H78N3O2Pt-. The minimum Gasteiger partial charge on any atom is -0.507 e. The van der Waals surface area contributed by atoms with Crippen molar-refractivity contribution in [2.24, 2.45) is 0 Å². The Balaban J connectivity index is 0.00000740. The molecule has 0 radical (unpaired) electrons. The molecule has 404 valence electrons. The molecule has 78 heavy (non-hydrogen) atoms. The molecule has 0 aliphatic heterocycles. The van der Waals surface area contributed by atoms with Crippen LogP contribution >= 0.6 is 0 Å². The van der Waals surface area contributed by atoms with Gasteiger partial charge in [-0.15, -0.1) is 29.3 Å². The minimum absolute atomic E-state index is 0. The number of para-hydroxylation sites is 1. The zero-order valence-electron chi connectivity index (χ0n) is 49.0. The van der Waals surface area contributed by atoms with Crippen molar-refractivity contribution < 1.29 is 30.6 Å². The van der Waals surface area contributed by atoms with Crippen LogP contribution in [0.5, 0.6) is 5.75 Å². The van der Waals surface area contributed by atoms with E-state index in [-0.39, 0.29) is 54.9 Å². The van der Waals surface area contributed by atoms with Crippen molar-refractivity contribution in [3.8, 4) is 67.5 Å². The van der Waals surface area contributed by atoms with Gasteiger partial charge in [-0.3, -0.25) is 9.55 Å². The first-order valence-electron chi connectivity index (χ1n) is 28.0. The number of fused-ring (bicyclic) bond motifs is 4. The molecular weight excluding hydrogens is 1130 g/mol. The third kappa shape index (κ3) is 10.2. The topological polar surface area (TPSA) is 64.1 Å². The molecule has 5 nitrogen and oxygen atoms in total. The van der Waals surface area contributed by atoms with E-state index in [0.717, 1.165) is 88.9 Å². The Morgan fingerprint density at radius 2 is 1.17 bits per heavy atom. The summed E-state index contributed by atoms with van der Waals surface area (Å²) in [5, 5.41) is 15.1. The van der Waals surface area contributed by atoms with Gasteiger partial charge in [0.1, 0.15) is 22.7 Å². The van der Waals surface area contributed by atoms with Gasteiger partial charge in [-0.05, 0) is 121 Å². The fraction of sp³-hybridized carbons (Fsp3) is 0.333. The zero-order valence-corrected chi connectivity index (χ0v) is 51.3. The maximum Gasteiger partial charge on any atom is 0.148 e. The summed E-state index contributed by atoms with van der Waals surface area (Å²) in [5.74, 6) is 1.78. The van der Waals surface area contributed by atoms with E-state index in [1.54, 1.807) is 0 Å². The van der Waals surface area contributed by atoms with Crippen LogP contribution in [0.1, 0.15) is 180 Å². The molecule has 1 N–H and O–H groups in total. The molecule has 6 heteroatoms. The molecule has 0 saturated carbocycles. The van der Waals surface area contributed by atoms with Gasteiger partial charge in [-0.1, -0.05) is 208 Å². The molecule has 0 unspecified atom stereocenters. The number of aromatic hydroxyl groups is 1. The molecule has 0 aliphatic carbocycles. The third-order valence-corrected chi connectivity index (χ3v) is 15.8. The number of nitrogens with zero attached hydrogens (tertiary/aromatic N) is 3. The van der Waals surface area contributed by atoms with Crippen molar-refractivity contribution in [3.63, 3.8) is 0 Å². The van der Waals surface area contributed by atoms with Crippen molar-refractivity contribution in [3.05, 3.63) is 179 Å². The number of hydrogen-bond acceptors (Lipinski definition) is 4. The van der Waals surface area contributed by atoms with Gasteiger partial charge in [0.2, 0.25) is 0 Å². The van der Waals surface area contributed by atoms with E-state index in [2.05, 4.69) is 250 Å². The maximum atomic E-state index is 12.9. The van der Waals surface area contributed by atoms with Crippen LogP contribution in [-0.4, -0.2) is 19.6 Å². The second-order valence-electron chi connectivity index (χ2n) is 26.0. The molecule has 0 spiro atoms. The summed E-state index contributed by atoms with van der Waals surface area (Å²) in [4.78, 5) is 10.8. The summed E-state index contributed by atoms with van der Waals surface area (Å²) in [7, 11) is 0. The Morgan fingerprint density at radius 1 is 0.538 bits per heavy atom. The fourth-order valence-electron chi connectivity index (χ4n) is 11.4. The van der Waals surface area contributed by atoms with E-state index in [1.165, 1.54) is 33.4 Å². The van der Waals surface area contributed by atoms with E-state index in [4.69, 9.17) is 14.4 Å². The maximum absolute atomic E-state index is 12.9. The number of hydrogen-bond donors (Lipinski definition) is 1. The first-order chi connectivity index (χ1) is 36.3. The van der Waals surface area contributed by atoms with E-state index in [1.807, 2.05) is 12.3 Å². The summed E-state index contributed by atoms with van der Waals surface area (Å²) >= 11 is 0. The van der Waals surface area contributed by atoms with Crippen molar-refractivity contribution in [1.82, 2.24) is 14.5 Å². The SMILES string of the molecule is CC(C)c1cccc(C(C)C)c1-c1ccc2c(c1)oc1c(C(C)C)c(-n3c(-c4cc(C(C)(C)C)cc(C(C)(C)C)c4O)nc4c(-c5[c-]c(-c6cc(-c7ccccc7)ccn6)cc(C(C)(C)C)c5)cccc43)c(C(C)C)cc12.[Pt]. The van der Waals surface area contributed by atoms with E-state index in [0.29, 0.717) is 23.2 Å². The van der Waals surface area contributed by atoms with Gasteiger partial charge < -0.3 is 9.52 Å². The Kier molecular flexibility index (Phi) is 15.1. The first-order valence-corrected chi connectivity index (χ1v) is 28.0. The Morgan fingerprint density at radius 3 is 1.78 bits per heavy atom. The molecule has 7 aromatic carbocycles. The van der Waals surface area contributed by atoms with Crippen molar-refractivity contribution in [2.45, 2.75) is 158 Å². The number of furan rings is 1. The van der Waals surface area contributed by atoms with Crippen LogP contribution in [0.15, 0.2) is 138 Å². The summed E-state index contributed by atoms with van der Waals surface area (Å²) in [6.07, 6.45) is 1.90. The van der Waals surface area contributed by atoms with Crippen molar-refractivity contribution in [2.75, 3.05) is 0 Å². The molecule has 0 amide bonds. The fourth-order valence-corrected chi connectivity index (χ4v) is 11.4. The van der Waals surface area contributed by atoms with Crippen LogP contribution < -0.4 is 0 Å². The van der Waals surface area contributed by atoms with Gasteiger partial charge in [0, 0.05) is 54.9 Å². The minimum atomic E-state index is -0.365. The van der Waals surface area contributed by atoms with Crippen LogP contribution in [-0.2, 0) is 37.3 Å². The monoisotopic (exact) mass is 1210 g/mol. The standard InChI is InChI=1S/C72H78N3O2.Pt/c1-41(2)52-25-21-26-53(42(3)4)64(52)47-29-30-55-57-40-56(43(5)6)66(63(44(7)8)68(57)77-62(55)37-47)75-61-28-22-27-54(65(61)74-69(75)58-38-51(71(12,13)14)39-59(67(58)76)72(15,16)17)48-33-49(35-50(34-48)70(9,10)11)60-36-46(31-32-73-60)45-23-19-18-20-24-45;/h18-32,34-44,76H,1-17H3;/q-1;. The summed E-state index contributed by atoms with van der Waals surface area (Å²) in [6.45, 7) is 38.4. The number of phenolic OH excluding ortho intramolecular Hbond substituents is 1. The van der Waals surface area contributed by atoms with E-state index < -0.39 is 0 Å². The number of imidazole rings is 1. The molecule has 0 bridgehead atoms. The Hall–Kier alpha value is -6.55. The quantitative estimate of drug-likeness (QED) is 0.139. The predicted molar refractivity (Wildman–Crippen MR) is 326 cm³/mol. The second-order valence-corrected chi connectivity index (χ2v) is 26.0. The summed E-state index contributed by atoms with van der Waals surface area (Å²) in [6, 6.07) is 50.1. The number of phenols is 1. The molecule has 0 fully saturated rings. The molecule has 3 aromatic heterocycles. The first kappa shape index (κ1) is 56.2. The van der Waals surface area contributed by atoms with Gasteiger partial charge in [-0.25, -0.2) is 4.98 Å². The van der Waals surface area contributed by atoms with Gasteiger partial charge in [-0.2, -0.15) is 0 Å². The number of benzene rings is 7. The van der Waals surface area contributed by atoms with Crippen molar-refractivity contribution in [1.29, 1.82) is 0 Å². The van der Waals surface area contributed by atoms with Gasteiger partial charge in [0.15, 0.2) is 0 Å². The molecule has 10 rings (SSSR count). The molecule has 10 aromatic rings. The zero-order chi connectivity index (χ0) is 55.2. The van der Waals surface area contributed by atoms with Gasteiger partial charge in [0.25, 0.3) is 0 Å². The molecule has 0 atom stereocenters. The van der Waals surface area contributed by atoms with Crippen molar-refractivity contribution >= 4 is 33.0 Å². The van der Waals surface area contributed by atoms with Gasteiger partial charge >= 0.3 is 0 Å². The summed E-state index contributed by atoms with van der Waals surface area (Å²) < 4.78 is 9.69. The Labute approximate surface area is 478 Å². The smallest absolute Gasteiger partial charge is 0.148 e. The van der Waals surface area contributed by atoms with Crippen LogP contribution in [0.3, 0.4) is 0 Å². The number of pyridine rings is 1. The average Bonchev–Trinajstić information content (AvgIpc) is 4.14. The average molecular weight is 1210 g/mol. The van der Waals surface area contributed by atoms with Gasteiger partial charge in [0.05, 0.1) is 22.3 Å². The van der Waals surface area contributed by atoms with E-state index in [9.17, 15) is 5.11 Å². The van der Waals surface area contributed by atoms with Crippen LogP contribution in [0.4, 0.5) is 0 Å². The molecule has 3 heterocycles. The number of rotatable bonds is 10. The molecule has 0 aliphatic rings. The third-order valence-electron chi connectivity index (χ3n) is 15.8. The predicted octanol–water partition coefficient (Wildman–Crippen LogP) is 20.5. The summed E-state index contributed by atoms with van der Waals surface area (Å²) in [5.41, 5.74) is 21.0. The van der Waals surface area contributed by atoms with Crippen LogP contribution in [0, 0.1) is 6.07 Å². The second kappa shape index (κ2) is 20.9.